The number of pyridine rings is 1. The first-order chi connectivity index (χ1) is 18.3. The van der Waals surface area contributed by atoms with E-state index in [1.54, 1.807) is 48.3 Å². The van der Waals surface area contributed by atoms with Crippen LogP contribution in [-0.2, 0) is 13.6 Å². The number of carbonyl (C=O) groups is 1. The van der Waals surface area contributed by atoms with E-state index in [0.717, 1.165) is 29.3 Å². The van der Waals surface area contributed by atoms with Crippen molar-refractivity contribution >= 4 is 23.1 Å². The van der Waals surface area contributed by atoms with Crippen LogP contribution in [0.3, 0.4) is 0 Å². The van der Waals surface area contributed by atoms with E-state index >= 15 is 4.39 Å². The monoisotopic (exact) mass is 516 g/mol. The molecule has 1 aliphatic heterocycles. The van der Waals surface area contributed by atoms with Crippen molar-refractivity contribution in [2.24, 2.45) is 7.05 Å². The van der Waals surface area contributed by atoms with Crippen molar-refractivity contribution in [2.75, 3.05) is 24.0 Å². The number of nitriles is 1. The fourth-order valence-corrected chi connectivity index (χ4v) is 4.52. The van der Waals surface area contributed by atoms with Crippen molar-refractivity contribution in [3.8, 4) is 28.8 Å². The van der Waals surface area contributed by atoms with Crippen LogP contribution in [-0.4, -0.2) is 35.0 Å². The number of hydrogen-bond donors (Lipinski definition) is 0. The zero-order valence-corrected chi connectivity index (χ0v) is 21.0. The van der Waals surface area contributed by atoms with Crippen molar-refractivity contribution in [2.45, 2.75) is 13.5 Å². The molecule has 0 spiro atoms. The standard InChI is InChI=1S/C27H22F2N6O3/c1-15-19(14-33(2)32-15)20-9-21-17(12-31-20)13-34(22-10-23(37-3)25(29)26(38-4)24(22)28)27(36)35(21)18-7-5-6-16(8-18)11-30/h5-10,12,14H,13H2,1-4H3. The number of fused-ring (bicyclic) bond motifs is 1. The molecular weight excluding hydrogens is 494 g/mol. The Morgan fingerprint density at radius 2 is 1.87 bits per heavy atom. The molecule has 0 atom stereocenters. The highest BCUT2D eigenvalue weighted by Gasteiger charge is 2.36. The van der Waals surface area contributed by atoms with E-state index in [1.165, 1.54) is 12.0 Å². The summed E-state index contributed by atoms with van der Waals surface area (Å²) in [6, 6.07) is 10.8. The van der Waals surface area contributed by atoms with Crippen LogP contribution in [0.5, 0.6) is 11.5 Å². The van der Waals surface area contributed by atoms with Crippen LogP contribution in [0.4, 0.5) is 30.6 Å². The fourth-order valence-electron chi connectivity index (χ4n) is 4.52. The normalized spacial score (nSPS) is 12.8. The lowest BCUT2D eigenvalue weighted by molar-refractivity contribution is 0.252. The number of ether oxygens (including phenoxy) is 2. The van der Waals surface area contributed by atoms with Gasteiger partial charge in [-0.1, -0.05) is 6.07 Å². The minimum Gasteiger partial charge on any atom is -0.493 e. The van der Waals surface area contributed by atoms with E-state index in [-0.39, 0.29) is 18.0 Å². The van der Waals surface area contributed by atoms with Crippen LogP contribution in [0.15, 0.2) is 48.8 Å². The number of anilines is 3. The summed E-state index contributed by atoms with van der Waals surface area (Å²) in [7, 11) is 4.16. The lowest BCUT2D eigenvalue weighted by Crippen LogP contribution is -2.45. The quantitative estimate of drug-likeness (QED) is 0.360. The minimum atomic E-state index is -1.05. The highest BCUT2D eigenvalue weighted by molar-refractivity contribution is 6.11. The van der Waals surface area contributed by atoms with Gasteiger partial charge in [0, 0.05) is 36.6 Å². The molecule has 9 nitrogen and oxygen atoms in total. The molecule has 4 aromatic rings. The third-order valence-corrected chi connectivity index (χ3v) is 6.30. The SMILES string of the molecule is COc1cc(N2Cc3cnc(-c4cn(C)nc4C)cc3N(c3cccc(C#N)c3)C2=O)c(F)c(OC)c1F. The number of aromatic nitrogens is 3. The molecule has 2 amide bonds. The minimum absolute atomic E-state index is 0.0588. The van der Waals surface area contributed by atoms with Gasteiger partial charge in [-0.15, -0.1) is 0 Å². The molecule has 0 saturated carbocycles. The maximum atomic E-state index is 15.5. The van der Waals surface area contributed by atoms with Gasteiger partial charge in [-0.05, 0) is 31.2 Å². The summed E-state index contributed by atoms with van der Waals surface area (Å²) in [4.78, 5) is 21.1. The smallest absolute Gasteiger partial charge is 0.334 e. The molecule has 2 aromatic carbocycles. The van der Waals surface area contributed by atoms with Crippen LogP contribution in [0.2, 0.25) is 0 Å². The van der Waals surface area contributed by atoms with Crippen LogP contribution < -0.4 is 19.3 Å². The lowest BCUT2D eigenvalue weighted by atomic mass is 10.0. The maximum absolute atomic E-state index is 15.5. The molecule has 1 aliphatic rings. The predicted molar refractivity (Wildman–Crippen MR) is 136 cm³/mol. The van der Waals surface area contributed by atoms with Crippen molar-refractivity contribution in [3.63, 3.8) is 0 Å². The molecule has 2 aromatic heterocycles. The molecule has 5 rings (SSSR count). The van der Waals surface area contributed by atoms with Gasteiger partial charge in [0.2, 0.25) is 5.82 Å². The molecule has 0 radical (unpaired) electrons. The summed E-state index contributed by atoms with van der Waals surface area (Å²) < 4.78 is 41.8. The second-order valence-corrected chi connectivity index (χ2v) is 8.63. The molecule has 0 aliphatic carbocycles. The molecule has 0 N–H and O–H groups in total. The predicted octanol–water partition coefficient (Wildman–Crippen LogP) is 5.24. The molecule has 0 bridgehead atoms. The Bertz CT molecular complexity index is 1630. The largest absolute Gasteiger partial charge is 0.493 e. The van der Waals surface area contributed by atoms with Gasteiger partial charge in [-0.3, -0.25) is 19.5 Å². The number of carbonyl (C=O) groups excluding carboxylic acids is 1. The Morgan fingerprint density at radius 3 is 2.53 bits per heavy atom. The number of amides is 2. The molecule has 3 heterocycles. The Kier molecular flexibility index (Phi) is 6.16. The maximum Gasteiger partial charge on any atom is 0.334 e. The first-order valence-corrected chi connectivity index (χ1v) is 11.5. The van der Waals surface area contributed by atoms with Gasteiger partial charge < -0.3 is 9.47 Å². The number of hydrogen-bond acceptors (Lipinski definition) is 6. The van der Waals surface area contributed by atoms with Crippen molar-refractivity contribution in [1.29, 1.82) is 5.26 Å². The Morgan fingerprint density at radius 1 is 1.08 bits per heavy atom. The van der Waals surface area contributed by atoms with E-state index < -0.39 is 23.4 Å². The number of nitrogens with zero attached hydrogens (tertiary/aromatic N) is 6. The van der Waals surface area contributed by atoms with Crippen molar-refractivity contribution in [3.05, 3.63) is 77.2 Å². The fraction of sp³-hybridized carbons (Fsp3) is 0.185. The average Bonchev–Trinajstić information content (AvgIpc) is 3.26. The van der Waals surface area contributed by atoms with E-state index in [9.17, 15) is 14.4 Å². The average molecular weight is 517 g/mol. The third kappa shape index (κ3) is 3.96. The van der Waals surface area contributed by atoms with Gasteiger partial charge in [0.05, 0.1) is 60.8 Å². The summed E-state index contributed by atoms with van der Waals surface area (Å²) in [6.07, 6.45) is 3.43. The number of methoxy groups -OCH3 is 2. The second kappa shape index (κ2) is 9.48. The van der Waals surface area contributed by atoms with Crippen LogP contribution in [0.25, 0.3) is 11.3 Å². The lowest BCUT2D eigenvalue weighted by Gasteiger charge is -2.37. The number of urea groups is 1. The first-order valence-electron chi connectivity index (χ1n) is 11.5. The van der Waals surface area contributed by atoms with Gasteiger partial charge in [0.15, 0.2) is 17.3 Å². The second-order valence-electron chi connectivity index (χ2n) is 8.63. The van der Waals surface area contributed by atoms with E-state index in [2.05, 4.69) is 16.2 Å². The number of halogens is 2. The highest BCUT2D eigenvalue weighted by atomic mass is 19.1. The number of rotatable bonds is 5. The molecule has 38 heavy (non-hydrogen) atoms. The van der Waals surface area contributed by atoms with E-state index in [1.807, 2.05) is 13.1 Å². The van der Waals surface area contributed by atoms with Crippen LogP contribution in [0, 0.1) is 29.9 Å². The van der Waals surface area contributed by atoms with Crippen molar-refractivity contribution < 1.29 is 23.0 Å². The summed E-state index contributed by atoms with van der Waals surface area (Å²) in [6.45, 7) is 1.80. The summed E-state index contributed by atoms with van der Waals surface area (Å²) in [5.41, 5.74) is 3.74. The zero-order valence-electron chi connectivity index (χ0n) is 21.0. The molecule has 11 heteroatoms. The van der Waals surface area contributed by atoms with E-state index in [0.29, 0.717) is 28.2 Å². The van der Waals surface area contributed by atoms with E-state index in [4.69, 9.17) is 9.47 Å². The summed E-state index contributed by atoms with van der Waals surface area (Å²) in [5, 5.41) is 13.8. The van der Waals surface area contributed by atoms with Gasteiger partial charge in [0.1, 0.15) is 0 Å². The Labute approximate surface area is 217 Å². The summed E-state index contributed by atoms with van der Waals surface area (Å²) in [5.74, 6) is -3.02. The first kappa shape index (κ1) is 24.7. The zero-order chi connectivity index (χ0) is 27.1. The van der Waals surface area contributed by atoms with Crippen LogP contribution in [0.1, 0.15) is 16.8 Å². The van der Waals surface area contributed by atoms with Crippen LogP contribution >= 0.6 is 0 Å². The molecular formula is C27H22F2N6O3. The molecule has 0 unspecified atom stereocenters. The van der Waals surface area contributed by atoms with Gasteiger partial charge in [0.25, 0.3) is 0 Å². The van der Waals surface area contributed by atoms with Crippen molar-refractivity contribution in [1.82, 2.24) is 14.8 Å². The van der Waals surface area contributed by atoms with Gasteiger partial charge in [-0.25, -0.2) is 9.18 Å². The van der Waals surface area contributed by atoms with Gasteiger partial charge >= 0.3 is 6.03 Å². The highest BCUT2D eigenvalue weighted by Crippen LogP contribution is 2.43. The third-order valence-electron chi connectivity index (χ3n) is 6.30. The summed E-state index contributed by atoms with van der Waals surface area (Å²) >= 11 is 0. The molecule has 192 valence electrons. The number of aryl methyl sites for hydroxylation is 2. The topological polar surface area (TPSA) is 96.5 Å². The Balaban J connectivity index is 1.72. The Hall–Kier alpha value is -4.98. The molecule has 0 fully saturated rings. The molecule has 0 saturated heterocycles. The number of benzene rings is 2. The van der Waals surface area contributed by atoms with Gasteiger partial charge in [-0.2, -0.15) is 14.8 Å².